The molecule has 0 aliphatic heterocycles. The van der Waals surface area contributed by atoms with Crippen LogP contribution in [-0.4, -0.2) is 26.7 Å². The van der Waals surface area contributed by atoms with E-state index in [1.807, 2.05) is 31.6 Å². The summed E-state index contributed by atoms with van der Waals surface area (Å²) in [6.07, 6.45) is 0.601. The molecule has 0 bridgehead atoms. The Labute approximate surface area is 83.1 Å². The molecule has 1 aromatic rings. The van der Waals surface area contributed by atoms with Crippen molar-refractivity contribution in [3.63, 3.8) is 0 Å². The van der Waals surface area contributed by atoms with E-state index in [-0.39, 0.29) is 6.10 Å². The van der Waals surface area contributed by atoms with Crippen molar-refractivity contribution in [2.75, 3.05) is 5.75 Å². The van der Waals surface area contributed by atoms with Crippen LogP contribution >= 0.6 is 11.8 Å². The van der Waals surface area contributed by atoms with Gasteiger partial charge >= 0.3 is 0 Å². The Hall–Kier alpha value is -0.480. The van der Waals surface area contributed by atoms with Gasteiger partial charge in [0.1, 0.15) is 0 Å². The van der Waals surface area contributed by atoms with Gasteiger partial charge in [0.05, 0.1) is 16.8 Å². The molecular formula is C9H16N2OS. The van der Waals surface area contributed by atoms with Crippen LogP contribution in [0.4, 0.5) is 0 Å². The summed E-state index contributed by atoms with van der Waals surface area (Å²) in [4.78, 5) is 0. The molecule has 0 saturated carbocycles. The summed E-state index contributed by atoms with van der Waals surface area (Å²) in [6.45, 7) is 3.96. The lowest BCUT2D eigenvalue weighted by molar-refractivity contribution is 0.195. The molecule has 0 radical (unpaired) electrons. The average Bonchev–Trinajstić information content (AvgIpc) is 2.41. The van der Waals surface area contributed by atoms with Gasteiger partial charge in [-0.25, -0.2) is 0 Å². The average molecular weight is 200 g/mol. The number of aliphatic hydroxyl groups excluding tert-OH is 1. The zero-order valence-electron chi connectivity index (χ0n) is 8.32. The van der Waals surface area contributed by atoms with Crippen molar-refractivity contribution < 1.29 is 5.11 Å². The van der Waals surface area contributed by atoms with Gasteiger partial charge in [0.2, 0.25) is 0 Å². The molecule has 0 aromatic carbocycles. The predicted molar refractivity (Wildman–Crippen MR) is 55.0 cm³/mol. The molecule has 0 saturated heterocycles. The van der Waals surface area contributed by atoms with E-state index >= 15 is 0 Å². The van der Waals surface area contributed by atoms with Crippen molar-refractivity contribution in [3.8, 4) is 0 Å². The molecule has 1 rings (SSSR count). The minimum atomic E-state index is -0.208. The van der Waals surface area contributed by atoms with Crippen molar-refractivity contribution in [1.29, 1.82) is 0 Å². The third-order valence-corrected chi connectivity index (χ3v) is 3.08. The molecule has 3 nitrogen and oxygen atoms in total. The van der Waals surface area contributed by atoms with E-state index in [2.05, 4.69) is 5.10 Å². The van der Waals surface area contributed by atoms with Gasteiger partial charge in [0.25, 0.3) is 0 Å². The van der Waals surface area contributed by atoms with Crippen molar-refractivity contribution in [2.24, 2.45) is 7.05 Å². The van der Waals surface area contributed by atoms with E-state index in [4.69, 9.17) is 0 Å². The molecule has 1 heterocycles. The third-order valence-electron chi connectivity index (χ3n) is 1.85. The van der Waals surface area contributed by atoms with Crippen LogP contribution in [0, 0.1) is 6.92 Å². The van der Waals surface area contributed by atoms with Crippen LogP contribution in [0.2, 0.25) is 0 Å². The monoisotopic (exact) mass is 200 g/mol. The first-order valence-corrected chi connectivity index (χ1v) is 5.43. The summed E-state index contributed by atoms with van der Waals surface area (Å²) in [7, 11) is 1.92. The number of rotatable bonds is 4. The molecule has 0 spiro atoms. The number of aliphatic hydroxyl groups is 1. The number of nitrogens with zero attached hydrogens (tertiary/aromatic N) is 2. The number of aryl methyl sites for hydroxylation is 2. The highest BCUT2D eigenvalue weighted by Crippen LogP contribution is 2.19. The van der Waals surface area contributed by atoms with Gasteiger partial charge in [0.15, 0.2) is 0 Å². The smallest absolute Gasteiger partial charge is 0.0940 e. The second-order valence-electron chi connectivity index (χ2n) is 3.12. The summed E-state index contributed by atoms with van der Waals surface area (Å²) < 4.78 is 1.85. The zero-order valence-corrected chi connectivity index (χ0v) is 9.14. The summed E-state index contributed by atoms with van der Waals surface area (Å²) in [5.74, 6) is 0.746. The van der Waals surface area contributed by atoms with E-state index in [0.29, 0.717) is 0 Å². The maximum absolute atomic E-state index is 9.37. The maximum atomic E-state index is 9.37. The second-order valence-corrected chi connectivity index (χ2v) is 4.16. The second kappa shape index (κ2) is 4.67. The van der Waals surface area contributed by atoms with Crippen LogP contribution in [0.5, 0.6) is 0 Å². The van der Waals surface area contributed by atoms with E-state index in [0.717, 1.165) is 22.9 Å². The van der Waals surface area contributed by atoms with Crippen molar-refractivity contribution >= 4 is 11.8 Å². The Bertz CT molecular complexity index is 273. The summed E-state index contributed by atoms with van der Waals surface area (Å²) in [5, 5.41) is 14.7. The lowest BCUT2D eigenvalue weighted by Crippen LogP contribution is -2.07. The fourth-order valence-electron chi connectivity index (χ4n) is 1.02. The Balaban J connectivity index is 2.49. The number of hydrogen-bond donors (Lipinski definition) is 1. The van der Waals surface area contributed by atoms with Crippen LogP contribution in [0.25, 0.3) is 0 Å². The summed E-state index contributed by atoms with van der Waals surface area (Å²) >= 11 is 1.65. The minimum absolute atomic E-state index is 0.208. The molecule has 0 fully saturated rings. The third kappa shape index (κ3) is 3.04. The molecule has 1 atom stereocenters. The Morgan fingerprint density at radius 3 is 2.85 bits per heavy atom. The van der Waals surface area contributed by atoms with E-state index in [1.165, 1.54) is 0 Å². The van der Waals surface area contributed by atoms with Crippen molar-refractivity contribution in [3.05, 3.63) is 11.8 Å². The van der Waals surface area contributed by atoms with Crippen molar-refractivity contribution in [1.82, 2.24) is 9.78 Å². The first-order chi connectivity index (χ1) is 6.13. The number of thioether (sulfide) groups is 1. The van der Waals surface area contributed by atoms with E-state index in [9.17, 15) is 5.11 Å². The highest BCUT2D eigenvalue weighted by molar-refractivity contribution is 7.99. The van der Waals surface area contributed by atoms with Crippen molar-refractivity contribution in [2.45, 2.75) is 31.4 Å². The largest absolute Gasteiger partial charge is 0.392 e. The number of aromatic nitrogens is 2. The first kappa shape index (κ1) is 10.6. The normalized spacial score (nSPS) is 13.2. The Morgan fingerprint density at radius 1 is 1.69 bits per heavy atom. The molecule has 1 N–H and O–H groups in total. The van der Waals surface area contributed by atoms with Gasteiger partial charge in [-0.05, 0) is 19.4 Å². The highest BCUT2D eigenvalue weighted by atomic mass is 32.2. The first-order valence-electron chi connectivity index (χ1n) is 4.45. The standard InChI is InChI=1S/C9H16N2OS/c1-4-8(12)6-13-9-5-7(2)10-11(9)3/h5,8,12H,4,6H2,1-3H3. The highest BCUT2D eigenvalue weighted by Gasteiger charge is 2.05. The van der Waals surface area contributed by atoms with Crippen LogP contribution in [0.3, 0.4) is 0 Å². The molecule has 0 amide bonds. The molecule has 13 heavy (non-hydrogen) atoms. The Morgan fingerprint density at radius 2 is 2.38 bits per heavy atom. The lowest BCUT2D eigenvalue weighted by Gasteiger charge is -2.06. The molecule has 4 heteroatoms. The minimum Gasteiger partial charge on any atom is -0.392 e. The van der Waals surface area contributed by atoms with Crippen LogP contribution in [0.1, 0.15) is 19.0 Å². The summed E-state index contributed by atoms with van der Waals surface area (Å²) in [5.41, 5.74) is 1.02. The maximum Gasteiger partial charge on any atom is 0.0940 e. The lowest BCUT2D eigenvalue weighted by atomic mass is 10.3. The van der Waals surface area contributed by atoms with Gasteiger partial charge in [-0.15, -0.1) is 11.8 Å². The van der Waals surface area contributed by atoms with Gasteiger partial charge in [-0.1, -0.05) is 6.92 Å². The van der Waals surface area contributed by atoms with Crippen LogP contribution in [-0.2, 0) is 7.05 Å². The van der Waals surface area contributed by atoms with Gasteiger partial charge in [-0.3, -0.25) is 4.68 Å². The number of hydrogen-bond acceptors (Lipinski definition) is 3. The molecule has 0 aliphatic rings. The van der Waals surface area contributed by atoms with E-state index < -0.39 is 0 Å². The van der Waals surface area contributed by atoms with Crippen LogP contribution in [0.15, 0.2) is 11.1 Å². The SMILES string of the molecule is CCC(O)CSc1cc(C)nn1C. The van der Waals surface area contributed by atoms with Gasteiger partial charge in [0, 0.05) is 12.8 Å². The topological polar surface area (TPSA) is 38.1 Å². The predicted octanol–water partition coefficient (Wildman–Crippen LogP) is 1.59. The molecule has 1 aromatic heterocycles. The fraction of sp³-hybridized carbons (Fsp3) is 0.667. The fourth-order valence-corrected chi connectivity index (χ4v) is 2.10. The molecular weight excluding hydrogens is 184 g/mol. The van der Waals surface area contributed by atoms with E-state index in [1.54, 1.807) is 11.8 Å². The molecule has 1 unspecified atom stereocenters. The van der Waals surface area contributed by atoms with Crippen LogP contribution < -0.4 is 0 Å². The molecule has 74 valence electrons. The summed E-state index contributed by atoms with van der Waals surface area (Å²) in [6, 6.07) is 2.03. The van der Waals surface area contributed by atoms with Gasteiger partial charge < -0.3 is 5.11 Å². The zero-order chi connectivity index (χ0) is 9.84. The molecule has 0 aliphatic carbocycles. The van der Waals surface area contributed by atoms with Gasteiger partial charge in [-0.2, -0.15) is 5.10 Å². The Kier molecular flexibility index (Phi) is 3.81. The quantitative estimate of drug-likeness (QED) is 0.750.